The number of aromatic nitrogens is 2. The monoisotopic (exact) mass is 403 g/mol. The van der Waals surface area contributed by atoms with E-state index in [1.165, 1.54) is 12.4 Å². The molecule has 0 aliphatic carbocycles. The fourth-order valence-electron chi connectivity index (χ4n) is 1.22. The molecule has 0 saturated heterocycles. The molecular formula is C11H7BrIN3O. The van der Waals surface area contributed by atoms with E-state index in [9.17, 15) is 4.79 Å². The van der Waals surface area contributed by atoms with Crippen LogP contribution >= 0.6 is 38.5 Å². The minimum atomic E-state index is -0.212. The number of hydrogen-bond donors (Lipinski definition) is 1. The third-order valence-electron chi connectivity index (χ3n) is 1.98. The normalized spacial score (nSPS) is 10.0. The topological polar surface area (TPSA) is 54.9 Å². The molecule has 0 fully saturated rings. The van der Waals surface area contributed by atoms with Gasteiger partial charge in [0.2, 0.25) is 0 Å². The second-order valence-electron chi connectivity index (χ2n) is 3.17. The molecule has 2 rings (SSSR count). The van der Waals surface area contributed by atoms with E-state index >= 15 is 0 Å². The first kappa shape index (κ1) is 12.4. The predicted octanol–water partition coefficient (Wildman–Crippen LogP) is 3.10. The van der Waals surface area contributed by atoms with Crippen molar-refractivity contribution >= 4 is 50.2 Å². The van der Waals surface area contributed by atoms with Gasteiger partial charge in [0, 0.05) is 20.4 Å². The summed E-state index contributed by atoms with van der Waals surface area (Å²) in [6.45, 7) is 0. The largest absolute Gasteiger partial charge is 0.305 e. The lowest BCUT2D eigenvalue weighted by molar-refractivity contribution is 0.102. The molecule has 0 bridgehead atoms. The molecule has 4 nitrogen and oxygen atoms in total. The van der Waals surface area contributed by atoms with Crippen molar-refractivity contribution in [3.8, 4) is 0 Å². The molecular weight excluding hydrogens is 397 g/mol. The lowest BCUT2D eigenvalue weighted by Crippen LogP contribution is -2.13. The summed E-state index contributed by atoms with van der Waals surface area (Å²) in [7, 11) is 0. The van der Waals surface area contributed by atoms with Gasteiger partial charge in [0.05, 0.1) is 11.8 Å². The minimum absolute atomic E-state index is 0.212. The van der Waals surface area contributed by atoms with Crippen LogP contribution in [0.5, 0.6) is 0 Å². The van der Waals surface area contributed by atoms with Gasteiger partial charge in [-0.05, 0) is 56.7 Å². The van der Waals surface area contributed by atoms with Gasteiger partial charge in [-0.1, -0.05) is 0 Å². The van der Waals surface area contributed by atoms with Crippen LogP contribution < -0.4 is 5.32 Å². The highest BCUT2D eigenvalue weighted by molar-refractivity contribution is 14.1. The van der Waals surface area contributed by atoms with Gasteiger partial charge in [-0.3, -0.25) is 9.78 Å². The van der Waals surface area contributed by atoms with E-state index in [2.05, 4.69) is 53.8 Å². The first-order valence-corrected chi connectivity index (χ1v) is 6.56. The molecule has 0 atom stereocenters. The van der Waals surface area contributed by atoms with Crippen molar-refractivity contribution in [2.75, 3.05) is 5.32 Å². The van der Waals surface area contributed by atoms with Crippen LogP contribution in [0.25, 0.3) is 0 Å². The van der Waals surface area contributed by atoms with Crippen LogP contribution in [0.4, 0.5) is 5.82 Å². The molecule has 1 aromatic heterocycles. The van der Waals surface area contributed by atoms with Crippen LogP contribution in [0, 0.1) is 3.57 Å². The Kier molecular flexibility index (Phi) is 4.06. The lowest BCUT2D eigenvalue weighted by atomic mass is 10.2. The van der Waals surface area contributed by atoms with Crippen molar-refractivity contribution in [3.05, 3.63) is 50.4 Å². The van der Waals surface area contributed by atoms with E-state index in [0.717, 1.165) is 8.04 Å². The molecule has 0 unspecified atom stereocenters. The number of carbonyl (C=O) groups is 1. The molecule has 1 N–H and O–H groups in total. The van der Waals surface area contributed by atoms with E-state index in [4.69, 9.17) is 0 Å². The molecule has 0 aliphatic heterocycles. The fourth-order valence-corrected chi connectivity index (χ4v) is 2.14. The highest BCUT2D eigenvalue weighted by Gasteiger charge is 2.11. The summed E-state index contributed by atoms with van der Waals surface area (Å²) < 4.78 is 1.74. The van der Waals surface area contributed by atoms with Crippen LogP contribution in [-0.4, -0.2) is 15.9 Å². The van der Waals surface area contributed by atoms with Crippen molar-refractivity contribution in [2.24, 2.45) is 0 Å². The molecule has 0 spiro atoms. The predicted molar refractivity (Wildman–Crippen MR) is 76.8 cm³/mol. The first-order chi connectivity index (χ1) is 8.16. The standard InChI is InChI=1S/C11H7BrIN3O/c12-9-2-1-7(13)5-8(9)11(17)16-10-6-14-3-4-15-10/h1-6H,(H,15,16,17). The lowest BCUT2D eigenvalue weighted by Gasteiger charge is -2.06. The Morgan fingerprint density at radius 1 is 1.35 bits per heavy atom. The van der Waals surface area contributed by atoms with Crippen LogP contribution in [0.1, 0.15) is 10.4 Å². The van der Waals surface area contributed by atoms with Gasteiger partial charge in [0.1, 0.15) is 0 Å². The summed E-state index contributed by atoms with van der Waals surface area (Å²) in [6, 6.07) is 5.56. The smallest absolute Gasteiger partial charge is 0.258 e. The second kappa shape index (κ2) is 5.54. The first-order valence-electron chi connectivity index (χ1n) is 4.69. The van der Waals surface area contributed by atoms with Crippen molar-refractivity contribution in [2.45, 2.75) is 0 Å². The zero-order valence-electron chi connectivity index (χ0n) is 8.52. The Morgan fingerprint density at radius 3 is 2.88 bits per heavy atom. The zero-order valence-corrected chi connectivity index (χ0v) is 12.3. The highest BCUT2D eigenvalue weighted by Crippen LogP contribution is 2.20. The molecule has 2 aromatic rings. The van der Waals surface area contributed by atoms with E-state index < -0.39 is 0 Å². The molecule has 0 radical (unpaired) electrons. The number of carbonyl (C=O) groups excluding carboxylic acids is 1. The van der Waals surface area contributed by atoms with Gasteiger partial charge in [-0.15, -0.1) is 0 Å². The van der Waals surface area contributed by atoms with Gasteiger partial charge in [-0.2, -0.15) is 0 Å². The van der Waals surface area contributed by atoms with Gasteiger partial charge in [0.15, 0.2) is 5.82 Å². The third-order valence-corrected chi connectivity index (χ3v) is 3.34. The Hall–Kier alpha value is -1.02. The van der Waals surface area contributed by atoms with Gasteiger partial charge in [-0.25, -0.2) is 4.98 Å². The maximum atomic E-state index is 12.0. The molecule has 17 heavy (non-hydrogen) atoms. The second-order valence-corrected chi connectivity index (χ2v) is 5.27. The number of nitrogens with one attached hydrogen (secondary N) is 1. The van der Waals surface area contributed by atoms with Gasteiger partial charge in [0.25, 0.3) is 5.91 Å². The van der Waals surface area contributed by atoms with Crippen molar-refractivity contribution in [3.63, 3.8) is 0 Å². The molecule has 1 amide bonds. The molecule has 6 heteroatoms. The highest BCUT2D eigenvalue weighted by atomic mass is 127. The van der Waals surface area contributed by atoms with Crippen LogP contribution in [0.15, 0.2) is 41.3 Å². The van der Waals surface area contributed by atoms with Gasteiger partial charge < -0.3 is 5.32 Å². The summed E-state index contributed by atoms with van der Waals surface area (Å²) in [5.74, 6) is 0.221. The Bertz CT molecular complexity index is 548. The Balaban J connectivity index is 2.23. The van der Waals surface area contributed by atoms with E-state index in [1.807, 2.05) is 12.1 Å². The zero-order chi connectivity index (χ0) is 12.3. The van der Waals surface area contributed by atoms with Crippen molar-refractivity contribution < 1.29 is 4.79 Å². The van der Waals surface area contributed by atoms with E-state index in [0.29, 0.717) is 11.4 Å². The van der Waals surface area contributed by atoms with E-state index in [1.54, 1.807) is 12.3 Å². The van der Waals surface area contributed by atoms with Crippen LogP contribution in [-0.2, 0) is 0 Å². The van der Waals surface area contributed by atoms with Crippen molar-refractivity contribution in [1.29, 1.82) is 0 Å². The van der Waals surface area contributed by atoms with Gasteiger partial charge >= 0.3 is 0 Å². The van der Waals surface area contributed by atoms with Crippen LogP contribution in [0.3, 0.4) is 0 Å². The third kappa shape index (κ3) is 3.22. The number of nitrogens with zero attached hydrogens (tertiary/aromatic N) is 2. The molecule has 0 aliphatic rings. The number of halogens is 2. The summed E-state index contributed by atoms with van der Waals surface area (Å²) in [5.41, 5.74) is 0.572. The van der Waals surface area contributed by atoms with E-state index in [-0.39, 0.29) is 5.91 Å². The van der Waals surface area contributed by atoms with Crippen LogP contribution in [0.2, 0.25) is 0 Å². The average molecular weight is 404 g/mol. The fraction of sp³-hybridized carbons (Fsp3) is 0. The minimum Gasteiger partial charge on any atom is -0.305 e. The summed E-state index contributed by atoms with van der Waals surface area (Å²) >= 11 is 5.50. The molecule has 1 heterocycles. The number of benzene rings is 1. The summed E-state index contributed by atoms with van der Waals surface area (Å²) in [5, 5.41) is 2.68. The maximum absolute atomic E-state index is 12.0. The Labute approximate surface area is 120 Å². The molecule has 1 aromatic carbocycles. The number of rotatable bonds is 2. The number of amides is 1. The molecule has 86 valence electrons. The maximum Gasteiger partial charge on any atom is 0.258 e. The average Bonchev–Trinajstić information content (AvgIpc) is 2.33. The quantitative estimate of drug-likeness (QED) is 0.784. The number of hydrogen-bond acceptors (Lipinski definition) is 3. The summed E-state index contributed by atoms with van der Waals surface area (Å²) in [4.78, 5) is 19.8. The van der Waals surface area contributed by atoms with Crippen molar-refractivity contribution in [1.82, 2.24) is 9.97 Å². The Morgan fingerprint density at radius 2 is 2.18 bits per heavy atom. The summed E-state index contributed by atoms with van der Waals surface area (Å²) in [6.07, 6.45) is 4.58. The molecule has 0 saturated carbocycles. The SMILES string of the molecule is O=C(Nc1cnccn1)c1cc(I)ccc1Br. The number of anilines is 1.